The van der Waals surface area contributed by atoms with Crippen LogP contribution in [0.3, 0.4) is 0 Å². The molecule has 0 bridgehead atoms. The highest BCUT2D eigenvalue weighted by molar-refractivity contribution is 5.72. The minimum Gasteiger partial charge on any atom is -0.264 e. The van der Waals surface area contributed by atoms with E-state index in [1.54, 1.807) is 0 Å². The molecule has 0 spiro atoms. The second-order valence-electron chi connectivity index (χ2n) is 4.38. The van der Waals surface area contributed by atoms with E-state index in [1.807, 2.05) is 18.5 Å². The lowest BCUT2D eigenvalue weighted by molar-refractivity contribution is 1.23. The lowest BCUT2D eigenvalue weighted by atomic mass is 9.91. The van der Waals surface area contributed by atoms with E-state index >= 15 is 0 Å². The summed E-state index contributed by atoms with van der Waals surface area (Å²) in [6.07, 6.45) is 3.75. The van der Waals surface area contributed by atoms with Crippen LogP contribution in [0.4, 0.5) is 0 Å². The van der Waals surface area contributed by atoms with Crippen molar-refractivity contribution in [2.45, 2.75) is 27.7 Å². The van der Waals surface area contributed by atoms with Crippen LogP contribution >= 0.6 is 0 Å². The lowest BCUT2D eigenvalue weighted by Gasteiger charge is -2.14. The van der Waals surface area contributed by atoms with Crippen molar-refractivity contribution in [1.29, 1.82) is 0 Å². The summed E-state index contributed by atoms with van der Waals surface area (Å²) in [6.45, 7) is 8.71. The Kier molecular flexibility index (Phi) is 2.78. The van der Waals surface area contributed by atoms with Crippen molar-refractivity contribution in [3.8, 4) is 11.1 Å². The first kappa shape index (κ1) is 10.9. The summed E-state index contributed by atoms with van der Waals surface area (Å²) in [5.41, 5.74) is 7.97. The quantitative estimate of drug-likeness (QED) is 0.695. The molecule has 2 aromatic rings. The molecule has 16 heavy (non-hydrogen) atoms. The average molecular weight is 211 g/mol. The summed E-state index contributed by atoms with van der Waals surface area (Å²) in [6, 6.07) is 6.37. The van der Waals surface area contributed by atoms with E-state index < -0.39 is 0 Å². The summed E-state index contributed by atoms with van der Waals surface area (Å²) < 4.78 is 0. The van der Waals surface area contributed by atoms with Crippen LogP contribution in [0.5, 0.6) is 0 Å². The Labute approximate surface area is 97.2 Å². The normalized spacial score (nSPS) is 10.5. The number of benzene rings is 1. The van der Waals surface area contributed by atoms with Gasteiger partial charge >= 0.3 is 0 Å². The number of hydrogen-bond donors (Lipinski definition) is 0. The molecular formula is C15H17N. The van der Waals surface area contributed by atoms with Crippen LogP contribution in [0.15, 0.2) is 30.6 Å². The van der Waals surface area contributed by atoms with E-state index in [0.717, 1.165) is 0 Å². The van der Waals surface area contributed by atoms with Crippen molar-refractivity contribution in [3.05, 3.63) is 52.8 Å². The molecule has 0 aliphatic carbocycles. The predicted octanol–water partition coefficient (Wildman–Crippen LogP) is 3.98. The van der Waals surface area contributed by atoms with Gasteiger partial charge in [-0.05, 0) is 61.6 Å². The molecule has 82 valence electrons. The Morgan fingerprint density at radius 3 is 2.31 bits per heavy atom. The van der Waals surface area contributed by atoms with Gasteiger partial charge in [-0.2, -0.15) is 0 Å². The SMILES string of the molecule is Cc1cc(C)c(-c2cccnc2)c(C)c1C. The molecular weight excluding hydrogens is 194 g/mol. The van der Waals surface area contributed by atoms with Crippen molar-refractivity contribution in [2.75, 3.05) is 0 Å². The maximum absolute atomic E-state index is 4.20. The molecule has 1 aromatic carbocycles. The molecule has 0 saturated heterocycles. The fraction of sp³-hybridized carbons (Fsp3) is 0.267. The summed E-state index contributed by atoms with van der Waals surface area (Å²) in [5.74, 6) is 0. The fourth-order valence-electron chi connectivity index (χ4n) is 2.24. The largest absolute Gasteiger partial charge is 0.264 e. The molecule has 1 aromatic heterocycles. The van der Waals surface area contributed by atoms with Crippen LogP contribution in [0, 0.1) is 27.7 Å². The second kappa shape index (κ2) is 4.09. The Bertz CT molecular complexity index is 513. The zero-order valence-electron chi connectivity index (χ0n) is 10.3. The van der Waals surface area contributed by atoms with E-state index in [1.165, 1.54) is 33.4 Å². The minimum absolute atomic E-state index is 1.21. The van der Waals surface area contributed by atoms with Crippen molar-refractivity contribution in [1.82, 2.24) is 4.98 Å². The molecule has 0 radical (unpaired) electrons. The Balaban J connectivity index is 2.71. The summed E-state index contributed by atoms with van der Waals surface area (Å²) in [5, 5.41) is 0. The fourth-order valence-corrected chi connectivity index (χ4v) is 2.24. The van der Waals surface area contributed by atoms with Gasteiger partial charge in [0, 0.05) is 18.0 Å². The first-order valence-electron chi connectivity index (χ1n) is 5.59. The number of hydrogen-bond acceptors (Lipinski definition) is 1. The van der Waals surface area contributed by atoms with Crippen LogP contribution in [-0.2, 0) is 0 Å². The maximum atomic E-state index is 4.20. The van der Waals surface area contributed by atoms with Crippen LogP contribution in [0.1, 0.15) is 22.3 Å². The van der Waals surface area contributed by atoms with Gasteiger partial charge in [-0.3, -0.25) is 4.98 Å². The Morgan fingerprint density at radius 2 is 1.69 bits per heavy atom. The van der Waals surface area contributed by atoms with E-state index in [-0.39, 0.29) is 0 Å². The number of aryl methyl sites for hydroxylation is 2. The van der Waals surface area contributed by atoms with Gasteiger partial charge in [-0.1, -0.05) is 12.1 Å². The summed E-state index contributed by atoms with van der Waals surface area (Å²) >= 11 is 0. The van der Waals surface area contributed by atoms with E-state index in [0.29, 0.717) is 0 Å². The maximum Gasteiger partial charge on any atom is 0.0346 e. The molecule has 0 unspecified atom stereocenters. The van der Waals surface area contributed by atoms with Crippen LogP contribution in [0.2, 0.25) is 0 Å². The molecule has 0 amide bonds. The van der Waals surface area contributed by atoms with Crippen LogP contribution < -0.4 is 0 Å². The predicted molar refractivity (Wildman–Crippen MR) is 68.6 cm³/mol. The molecule has 1 heterocycles. The molecule has 0 aliphatic rings. The van der Waals surface area contributed by atoms with Crippen LogP contribution in [0.25, 0.3) is 11.1 Å². The molecule has 0 atom stereocenters. The molecule has 2 rings (SSSR count). The molecule has 1 heteroatoms. The monoisotopic (exact) mass is 211 g/mol. The van der Waals surface area contributed by atoms with Gasteiger partial charge in [0.05, 0.1) is 0 Å². The van der Waals surface area contributed by atoms with Gasteiger partial charge in [0.1, 0.15) is 0 Å². The minimum atomic E-state index is 1.21. The third kappa shape index (κ3) is 1.73. The first-order chi connectivity index (χ1) is 7.61. The summed E-state index contributed by atoms with van der Waals surface area (Å²) in [4.78, 5) is 4.20. The molecule has 0 aliphatic heterocycles. The topological polar surface area (TPSA) is 12.9 Å². The van der Waals surface area contributed by atoms with E-state index in [2.05, 4.69) is 44.8 Å². The van der Waals surface area contributed by atoms with Crippen molar-refractivity contribution < 1.29 is 0 Å². The van der Waals surface area contributed by atoms with Gasteiger partial charge < -0.3 is 0 Å². The summed E-state index contributed by atoms with van der Waals surface area (Å²) in [7, 11) is 0. The van der Waals surface area contributed by atoms with Crippen molar-refractivity contribution in [3.63, 3.8) is 0 Å². The highest BCUT2D eigenvalue weighted by Gasteiger charge is 2.09. The smallest absolute Gasteiger partial charge is 0.0346 e. The standard InChI is InChI=1S/C15H17N/c1-10-8-11(2)15(13(4)12(10)3)14-6-5-7-16-9-14/h5-9H,1-4H3. The number of nitrogens with zero attached hydrogens (tertiary/aromatic N) is 1. The van der Waals surface area contributed by atoms with Gasteiger partial charge in [-0.15, -0.1) is 0 Å². The zero-order valence-corrected chi connectivity index (χ0v) is 10.3. The second-order valence-corrected chi connectivity index (χ2v) is 4.38. The van der Waals surface area contributed by atoms with Gasteiger partial charge in [0.15, 0.2) is 0 Å². The first-order valence-corrected chi connectivity index (χ1v) is 5.59. The van der Waals surface area contributed by atoms with Crippen molar-refractivity contribution >= 4 is 0 Å². The highest BCUT2D eigenvalue weighted by Crippen LogP contribution is 2.30. The Morgan fingerprint density at radius 1 is 0.938 bits per heavy atom. The van der Waals surface area contributed by atoms with Crippen LogP contribution in [-0.4, -0.2) is 4.98 Å². The van der Waals surface area contributed by atoms with E-state index in [9.17, 15) is 0 Å². The van der Waals surface area contributed by atoms with Gasteiger partial charge in [-0.25, -0.2) is 0 Å². The van der Waals surface area contributed by atoms with E-state index in [4.69, 9.17) is 0 Å². The third-order valence-corrected chi connectivity index (χ3v) is 3.31. The lowest BCUT2D eigenvalue weighted by Crippen LogP contribution is -1.95. The number of pyridine rings is 1. The third-order valence-electron chi connectivity index (χ3n) is 3.31. The van der Waals surface area contributed by atoms with Crippen molar-refractivity contribution in [2.24, 2.45) is 0 Å². The molecule has 0 fully saturated rings. The molecule has 0 saturated carbocycles. The molecule has 1 nitrogen and oxygen atoms in total. The number of aromatic nitrogens is 1. The number of rotatable bonds is 1. The zero-order chi connectivity index (χ0) is 11.7. The van der Waals surface area contributed by atoms with Gasteiger partial charge in [0.2, 0.25) is 0 Å². The Hall–Kier alpha value is -1.63. The molecule has 0 N–H and O–H groups in total. The highest BCUT2D eigenvalue weighted by atomic mass is 14.6. The van der Waals surface area contributed by atoms with Gasteiger partial charge in [0.25, 0.3) is 0 Å². The average Bonchev–Trinajstić information content (AvgIpc) is 2.28.